The van der Waals surface area contributed by atoms with E-state index in [0.29, 0.717) is 0 Å². The number of nitrogens with one attached hydrogen (secondary N) is 1. The highest BCUT2D eigenvalue weighted by atomic mass is 15.1. The molecule has 0 radical (unpaired) electrons. The minimum Gasteiger partial charge on any atom is -0.370 e. The molecule has 1 heterocycles. The third-order valence-electron chi connectivity index (χ3n) is 2.81. The molecule has 0 saturated carbocycles. The van der Waals surface area contributed by atoms with Gasteiger partial charge in [-0.05, 0) is 32.0 Å². The van der Waals surface area contributed by atoms with Gasteiger partial charge in [0.1, 0.15) is 5.82 Å². The summed E-state index contributed by atoms with van der Waals surface area (Å²) >= 11 is 0. The molecule has 96 valence electrons. The fourth-order valence-corrected chi connectivity index (χ4v) is 1.87. The minimum atomic E-state index is 0.990. The SMILES string of the molecule is CCCNc1ncccc1CN(CC)CCC. The number of hydrogen-bond donors (Lipinski definition) is 1. The zero-order valence-corrected chi connectivity index (χ0v) is 11.4. The van der Waals surface area contributed by atoms with Crippen molar-refractivity contribution in [3.63, 3.8) is 0 Å². The Bertz CT molecular complexity index is 312. The van der Waals surface area contributed by atoms with Crippen molar-refractivity contribution in [2.45, 2.75) is 40.2 Å². The molecule has 0 unspecified atom stereocenters. The van der Waals surface area contributed by atoms with Crippen molar-refractivity contribution in [3.8, 4) is 0 Å². The van der Waals surface area contributed by atoms with Gasteiger partial charge in [-0.2, -0.15) is 0 Å². The van der Waals surface area contributed by atoms with E-state index in [1.807, 2.05) is 12.3 Å². The molecule has 1 N–H and O–H groups in total. The molecule has 0 amide bonds. The van der Waals surface area contributed by atoms with Crippen LogP contribution in [0.4, 0.5) is 5.82 Å². The van der Waals surface area contributed by atoms with Crippen LogP contribution >= 0.6 is 0 Å². The predicted molar refractivity (Wildman–Crippen MR) is 74.3 cm³/mol. The monoisotopic (exact) mass is 235 g/mol. The molecule has 1 rings (SSSR count). The maximum Gasteiger partial charge on any atom is 0.130 e. The molecule has 0 aromatic carbocycles. The molecule has 17 heavy (non-hydrogen) atoms. The Morgan fingerprint density at radius 2 is 2.06 bits per heavy atom. The van der Waals surface area contributed by atoms with Gasteiger partial charge in [0.15, 0.2) is 0 Å². The second kappa shape index (κ2) is 8.07. The maximum atomic E-state index is 4.43. The van der Waals surface area contributed by atoms with Gasteiger partial charge in [-0.25, -0.2) is 4.98 Å². The van der Waals surface area contributed by atoms with Crippen molar-refractivity contribution in [1.82, 2.24) is 9.88 Å². The van der Waals surface area contributed by atoms with Gasteiger partial charge >= 0.3 is 0 Å². The normalized spacial score (nSPS) is 10.8. The number of nitrogens with zero attached hydrogens (tertiary/aromatic N) is 2. The summed E-state index contributed by atoms with van der Waals surface area (Å²) in [6.07, 6.45) is 4.19. The molecule has 0 fully saturated rings. The van der Waals surface area contributed by atoms with Gasteiger partial charge < -0.3 is 5.32 Å². The molecule has 0 bridgehead atoms. The molecule has 0 saturated heterocycles. The number of pyridine rings is 1. The summed E-state index contributed by atoms with van der Waals surface area (Å²) in [5.41, 5.74) is 1.30. The topological polar surface area (TPSA) is 28.2 Å². The maximum absolute atomic E-state index is 4.43. The average molecular weight is 235 g/mol. The van der Waals surface area contributed by atoms with Crippen LogP contribution in [0.2, 0.25) is 0 Å². The minimum absolute atomic E-state index is 0.990. The lowest BCUT2D eigenvalue weighted by Gasteiger charge is -2.21. The quantitative estimate of drug-likeness (QED) is 0.750. The first-order valence-corrected chi connectivity index (χ1v) is 6.71. The van der Waals surface area contributed by atoms with Crippen LogP contribution in [0.15, 0.2) is 18.3 Å². The number of hydrogen-bond acceptors (Lipinski definition) is 3. The highest BCUT2D eigenvalue weighted by Crippen LogP contribution is 2.14. The summed E-state index contributed by atoms with van der Waals surface area (Å²) in [5, 5.41) is 3.40. The van der Waals surface area contributed by atoms with E-state index >= 15 is 0 Å². The lowest BCUT2D eigenvalue weighted by molar-refractivity contribution is 0.281. The summed E-state index contributed by atoms with van der Waals surface area (Å²) < 4.78 is 0. The molecular formula is C14H25N3. The summed E-state index contributed by atoms with van der Waals surface area (Å²) in [5.74, 6) is 1.05. The van der Waals surface area contributed by atoms with Crippen LogP contribution in [-0.4, -0.2) is 29.5 Å². The zero-order valence-electron chi connectivity index (χ0n) is 11.4. The number of aromatic nitrogens is 1. The molecule has 0 aliphatic carbocycles. The predicted octanol–water partition coefficient (Wildman–Crippen LogP) is 3.14. The summed E-state index contributed by atoms with van der Waals surface area (Å²) in [6.45, 7) is 10.8. The second-order valence-corrected chi connectivity index (χ2v) is 4.31. The van der Waals surface area contributed by atoms with Crippen LogP contribution in [0, 0.1) is 0 Å². The summed E-state index contributed by atoms with van der Waals surface area (Å²) in [6, 6.07) is 4.19. The Morgan fingerprint density at radius 3 is 2.71 bits per heavy atom. The summed E-state index contributed by atoms with van der Waals surface area (Å²) in [4.78, 5) is 6.88. The fourth-order valence-electron chi connectivity index (χ4n) is 1.87. The first kappa shape index (κ1) is 14.0. The Hall–Kier alpha value is -1.09. The van der Waals surface area contributed by atoms with Crippen LogP contribution < -0.4 is 5.32 Å². The molecule has 1 aromatic heterocycles. The first-order valence-electron chi connectivity index (χ1n) is 6.71. The van der Waals surface area contributed by atoms with Gasteiger partial charge in [-0.1, -0.05) is 26.8 Å². The van der Waals surface area contributed by atoms with Gasteiger partial charge in [-0.3, -0.25) is 4.90 Å². The van der Waals surface area contributed by atoms with E-state index in [1.54, 1.807) is 0 Å². The molecule has 0 atom stereocenters. The largest absolute Gasteiger partial charge is 0.370 e. The average Bonchev–Trinajstić information content (AvgIpc) is 2.37. The van der Waals surface area contributed by atoms with Crippen LogP contribution in [0.3, 0.4) is 0 Å². The molecule has 3 nitrogen and oxygen atoms in total. The molecular weight excluding hydrogens is 210 g/mol. The van der Waals surface area contributed by atoms with Crippen molar-refractivity contribution in [2.24, 2.45) is 0 Å². The fraction of sp³-hybridized carbons (Fsp3) is 0.643. The van der Waals surface area contributed by atoms with E-state index in [2.05, 4.69) is 42.0 Å². The number of anilines is 1. The van der Waals surface area contributed by atoms with E-state index in [9.17, 15) is 0 Å². The van der Waals surface area contributed by atoms with E-state index in [-0.39, 0.29) is 0 Å². The van der Waals surface area contributed by atoms with Gasteiger partial charge in [0, 0.05) is 24.8 Å². The van der Waals surface area contributed by atoms with Gasteiger partial charge in [0.25, 0.3) is 0 Å². The zero-order chi connectivity index (χ0) is 12.5. The third-order valence-corrected chi connectivity index (χ3v) is 2.81. The molecule has 3 heteroatoms. The standard InChI is InChI=1S/C14H25N3/c1-4-9-15-14-13(8-7-10-16-14)12-17(6-3)11-5-2/h7-8,10H,4-6,9,11-12H2,1-3H3,(H,15,16). The summed E-state index contributed by atoms with van der Waals surface area (Å²) in [7, 11) is 0. The molecule has 0 spiro atoms. The third kappa shape index (κ3) is 4.73. The first-order chi connectivity index (χ1) is 8.31. The van der Waals surface area contributed by atoms with Crippen molar-refractivity contribution < 1.29 is 0 Å². The van der Waals surface area contributed by atoms with E-state index in [1.165, 1.54) is 12.0 Å². The lowest BCUT2D eigenvalue weighted by Crippen LogP contribution is -2.24. The highest BCUT2D eigenvalue weighted by Gasteiger charge is 2.07. The molecule has 1 aromatic rings. The Morgan fingerprint density at radius 1 is 1.24 bits per heavy atom. The van der Waals surface area contributed by atoms with Crippen LogP contribution in [0.5, 0.6) is 0 Å². The molecule has 0 aliphatic rings. The van der Waals surface area contributed by atoms with E-state index in [0.717, 1.165) is 38.4 Å². The smallest absolute Gasteiger partial charge is 0.130 e. The van der Waals surface area contributed by atoms with Crippen molar-refractivity contribution in [1.29, 1.82) is 0 Å². The lowest BCUT2D eigenvalue weighted by atomic mass is 10.2. The van der Waals surface area contributed by atoms with Crippen LogP contribution in [-0.2, 0) is 6.54 Å². The van der Waals surface area contributed by atoms with E-state index < -0.39 is 0 Å². The van der Waals surface area contributed by atoms with E-state index in [4.69, 9.17) is 0 Å². The second-order valence-electron chi connectivity index (χ2n) is 4.31. The van der Waals surface area contributed by atoms with Gasteiger partial charge in [0.05, 0.1) is 0 Å². The van der Waals surface area contributed by atoms with Crippen LogP contribution in [0.25, 0.3) is 0 Å². The Kier molecular flexibility index (Phi) is 6.63. The van der Waals surface area contributed by atoms with Crippen LogP contribution in [0.1, 0.15) is 39.2 Å². The number of rotatable bonds is 8. The molecule has 0 aliphatic heterocycles. The van der Waals surface area contributed by atoms with Crippen molar-refractivity contribution in [2.75, 3.05) is 25.0 Å². The Balaban J connectivity index is 2.67. The van der Waals surface area contributed by atoms with Crippen molar-refractivity contribution >= 4 is 5.82 Å². The van der Waals surface area contributed by atoms with Gasteiger partial charge in [-0.15, -0.1) is 0 Å². The Labute approximate surface area is 105 Å². The van der Waals surface area contributed by atoms with Crippen molar-refractivity contribution in [3.05, 3.63) is 23.9 Å². The van der Waals surface area contributed by atoms with Gasteiger partial charge in [0.2, 0.25) is 0 Å². The highest BCUT2D eigenvalue weighted by molar-refractivity contribution is 5.43.